The van der Waals surface area contributed by atoms with E-state index in [0.29, 0.717) is 66.5 Å². The molecule has 6 aliphatic carbocycles. The van der Waals surface area contributed by atoms with Crippen LogP contribution in [0.25, 0.3) is 0 Å². The van der Waals surface area contributed by atoms with Crippen LogP contribution < -0.4 is 0 Å². The van der Waals surface area contributed by atoms with Crippen molar-refractivity contribution in [1.82, 2.24) is 4.90 Å². The molecule has 13 atom stereocenters. The first-order chi connectivity index (χ1) is 20.0. The Kier molecular flexibility index (Phi) is 6.43. The lowest BCUT2D eigenvalue weighted by atomic mass is 9.46. The average molecular weight is 584 g/mol. The highest BCUT2D eigenvalue weighted by atomic mass is 16.7. The predicted molar refractivity (Wildman–Crippen MR) is 156 cm³/mol. The zero-order chi connectivity index (χ0) is 29.2. The smallest absolute Gasteiger partial charge is 0.223 e. The van der Waals surface area contributed by atoms with Gasteiger partial charge in [-0.2, -0.15) is 0 Å². The fraction of sp³-hybridized carbons (Fsp3) is 0.943. The van der Waals surface area contributed by atoms with Gasteiger partial charge in [0.05, 0.1) is 31.5 Å². The van der Waals surface area contributed by atoms with Crippen LogP contribution in [-0.2, 0) is 23.8 Å². The Bertz CT molecular complexity index is 1120. The van der Waals surface area contributed by atoms with Crippen LogP contribution in [0, 0.1) is 57.2 Å². The Morgan fingerprint density at radius 3 is 2.62 bits per heavy atom. The van der Waals surface area contributed by atoms with Crippen molar-refractivity contribution in [3.63, 3.8) is 0 Å². The lowest BCUT2D eigenvalue weighted by Crippen LogP contribution is -2.57. The van der Waals surface area contributed by atoms with Crippen LogP contribution in [0.4, 0.5) is 0 Å². The first kappa shape index (κ1) is 28.5. The number of aliphatic hydroxyl groups excluding tert-OH is 1. The molecule has 1 amide bonds. The van der Waals surface area contributed by atoms with E-state index in [0.717, 1.165) is 19.1 Å². The van der Waals surface area contributed by atoms with Crippen molar-refractivity contribution in [3.8, 4) is 0 Å². The maximum Gasteiger partial charge on any atom is 0.223 e. The van der Waals surface area contributed by atoms with Gasteiger partial charge in [-0.15, -0.1) is 0 Å². The first-order valence-corrected chi connectivity index (χ1v) is 17.4. The van der Waals surface area contributed by atoms with E-state index in [1.165, 1.54) is 51.4 Å². The number of nitrogens with zero attached hydrogens (tertiary/aromatic N) is 1. The summed E-state index contributed by atoms with van der Waals surface area (Å²) in [7, 11) is 0. The van der Waals surface area contributed by atoms with E-state index in [-0.39, 0.29) is 47.3 Å². The fourth-order valence-corrected chi connectivity index (χ4v) is 13.0. The molecule has 8 aliphatic rings. The van der Waals surface area contributed by atoms with Crippen molar-refractivity contribution < 1.29 is 28.9 Å². The molecule has 7 nitrogen and oxygen atoms in total. The molecule has 1 N–H and O–H groups in total. The van der Waals surface area contributed by atoms with Crippen LogP contribution in [0.15, 0.2) is 0 Å². The van der Waals surface area contributed by atoms with Crippen molar-refractivity contribution in [1.29, 1.82) is 0 Å². The van der Waals surface area contributed by atoms with E-state index in [9.17, 15) is 14.7 Å². The molecule has 13 unspecified atom stereocenters. The Morgan fingerprint density at radius 1 is 1.05 bits per heavy atom. The summed E-state index contributed by atoms with van der Waals surface area (Å²) in [5.74, 6) is 3.03. The van der Waals surface area contributed by atoms with Crippen LogP contribution in [0.5, 0.6) is 0 Å². The van der Waals surface area contributed by atoms with Crippen molar-refractivity contribution in [2.24, 2.45) is 57.2 Å². The van der Waals surface area contributed by atoms with Crippen LogP contribution >= 0.6 is 0 Å². The highest BCUT2D eigenvalue weighted by molar-refractivity contribution is 5.76. The van der Waals surface area contributed by atoms with E-state index < -0.39 is 6.10 Å². The summed E-state index contributed by atoms with van der Waals surface area (Å²) in [6.07, 6.45) is 12.0. The Balaban J connectivity index is 0.992. The molecule has 2 aliphatic heterocycles. The molecule has 8 fully saturated rings. The van der Waals surface area contributed by atoms with Crippen molar-refractivity contribution in [2.45, 2.75) is 129 Å². The Labute approximate surface area is 251 Å². The quantitative estimate of drug-likeness (QED) is 0.460. The van der Waals surface area contributed by atoms with Gasteiger partial charge in [-0.05, 0) is 121 Å². The number of morpholine rings is 1. The molecule has 0 bridgehead atoms. The highest BCUT2D eigenvalue weighted by Crippen LogP contribution is 2.87. The van der Waals surface area contributed by atoms with E-state index in [1.807, 2.05) is 4.90 Å². The second-order valence-corrected chi connectivity index (χ2v) is 17.0. The average Bonchev–Trinajstić information content (AvgIpc) is 3.87. The molecule has 8 rings (SSSR count). The van der Waals surface area contributed by atoms with E-state index >= 15 is 0 Å². The van der Waals surface area contributed by atoms with Gasteiger partial charge in [-0.25, -0.2) is 0 Å². The van der Waals surface area contributed by atoms with Gasteiger partial charge >= 0.3 is 0 Å². The Hall–Kier alpha value is -1.02. The lowest BCUT2D eigenvalue weighted by molar-refractivity contribution is -0.245. The number of amides is 1. The molecular weight excluding hydrogens is 530 g/mol. The lowest BCUT2D eigenvalue weighted by Gasteiger charge is -2.60. The number of hydrogen-bond donors (Lipinski definition) is 1. The first-order valence-electron chi connectivity index (χ1n) is 17.4. The van der Waals surface area contributed by atoms with Gasteiger partial charge in [0, 0.05) is 13.0 Å². The maximum atomic E-state index is 12.8. The van der Waals surface area contributed by atoms with Gasteiger partial charge in [0.2, 0.25) is 5.91 Å². The monoisotopic (exact) mass is 583 g/mol. The molecule has 2 saturated heterocycles. The predicted octanol–water partition coefficient (Wildman–Crippen LogP) is 4.98. The number of rotatable bonds is 5. The topological polar surface area (TPSA) is 85.3 Å². The highest BCUT2D eigenvalue weighted by Gasteiger charge is 2.82. The van der Waals surface area contributed by atoms with Gasteiger partial charge in [0.25, 0.3) is 0 Å². The molecule has 2 spiro atoms. The van der Waals surface area contributed by atoms with E-state index in [2.05, 4.69) is 27.7 Å². The number of aldehydes is 1. The molecule has 0 aromatic carbocycles. The summed E-state index contributed by atoms with van der Waals surface area (Å²) in [5, 5.41) is 11.9. The fourth-order valence-electron chi connectivity index (χ4n) is 13.0. The molecule has 0 aromatic heterocycles. The third-order valence-corrected chi connectivity index (χ3v) is 14.9. The minimum absolute atomic E-state index is 0.0359. The normalized spacial score (nSPS) is 54.1. The largest absolute Gasteiger partial charge is 0.390 e. The molecule has 0 aromatic rings. The summed E-state index contributed by atoms with van der Waals surface area (Å²) in [4.78, 5) is 26.5. The van der Waals surface area contributed by atoms with Crippen LogP contribution in [0.2, 0.25) is 0 Å². The Morgan fingerprint density at radius 2 is 1.86 bits per heavy atom. The standard InChI is InChI=1S/C35H53NO6/c1-20-15-22(18-37)41-31-28(20)33(4)11-12-34-19-35(34)10-9-25(32(2,3)24(35)8-7-23(34)29(33)30(31)39)42-27-17-36(13-14-40-27)26(38)16-21-5-6-21/h18,20-25,27-31,39H,5-17,19H2,1-4H3. The third kappa shape index (κ3) is 3.84. The summed E-state index contributed by atoms with van der Waals surface area (Å²) in [6.45, 7) is 11.4. The molecular formula is C35H53NO6. The van der Waals surface area contributed by atoms with Gasteiger partial charge in [-0.1, -0.05) is 27.7 Å². The maximum absolute atomic E-state index is 12.8. The van der Waals surface area contributed by atoms with Crippen molar-refractivity contribution >= 4 is 12.2 Å². The number of ether oxygens (including phenoxy) is 3. The SMILES string of the molecule is CC1CC(C=O)OC2C(O)C3C4CCC5C(C)(C)C(OC6CN(C(=O)CC7CC7)CCO6)CCC56CC46CCC3(C)C12. The minimum Gasteiger partial charge on any atom is -0.390 e. The molecule has 234 valence electrons. The van der Waals surface area contributed by atoms with Crippen molar-refractivity contribution in [2.75, 3.05) is 19.7 Å². The van der Waals surface area contributed by atoms with Gasteiger partial charge in [-0.3, -0.25) is 4.79 Å². The zero-order valence-electron chi connectivity index (χ0n) is 26.3. The number of hydrogen-bond acceptors (Lipinski definition) is 6. The second kappa shape index (κ2) is 9.50. The second-order valence-electron chi connectivity index (χ2n) is 17.0. The molecule has 7 heteroatoms. The van der Waals surface area contributed by atoms with E-state index in [4.69, 9.17) is 14.2 Å². The third-order valence-electron chi connectivity index (χ3n) is 14.9. The number of carbonyl (C=O) groups excluding carboxylic acids is 2. The van der Waals surface area contributed by atoms with Crippen LogP contribution in [0.3, 0.4) is 0 Å². The van der Waals surface area contributed by atoms with Crippen molar-refractivity contribution in [3.05, 3.63) is 0 Å². The summed E-state index contributed by atoms with van der Waals surface area (Å²) in [5.41, 5.74) is 0.804. The zero-order valence-corrected chi connectivity index (χ0v) is 26.3. The number of fused-ring (bicyclic) bond motifs is 4. The summed E-state index contributed by atoms with van der Waals surface area (Å²) in [6, 6.07) is 0. The number of aliphatic hydroxyl groups is 1. The van der Waals surface area contributed by atoms with Gasteiger partial charge in [0.15, 0.2) is 6.29 Å². The summed E-state index contributed by atoms with van der Waals surface area (Å²) >= 11 is 0. The minimum atomic E-state index is -0.469. The van der Waals surface area contributed by atoms with Crippen LogP contribution in [0.1, 0.15) is 98.3 Å². The molecule has 6 saturated carbocycles. The number of carbonyl (C=O) groups is 2. The molecule has 0 radical (unpaired) electrons. The molecule has 42 heavy (non-hydrogen) atoms. The van der Waals surface area contributed by atoms with E-state index in [1.54, 1.807) is 0 Å². The summed E-state index contributed by atoms with van der Waals surface area (Å²) < 4.78 is 19.2. The van der Waals surface area contributed by atoms with Gasteiger partial charge in [0.1, 0.15) is 12.4 Å². The van der Waals surface area contributed by atoms with Gasteiger partial charge < -0.3 is 29.0 Å². The van der Waals surface area contributed by atoms with Crippen LogP contribution in [-0.4, -0.2) is 72.6 Å². The molecule has 2 heterocycles.